The van der Waals surface area contributed by atoms with Gasteiger partial charge in [-0.2, -0.15) is 5.48 Å². The van der Waals surface area contributed by atoms with Crippen molar-refractivity contribution in [1.82, 2.24) is 10.8 Å². The van der Waals surface area contributed by atoms with E-state index in [1.165, 1.54) is 11.1 Å². The zero-order valence-corrected chi connectivity index (χ0v) is 21.0. The zero-order valence-electron chi connectivity index (χ0n) is 21.0. The number of benzene rings is 2. The van der Waals surface area contributed by atoms with E-state index >= 15 is 0 Å². The monoisotopic (exact) mass is 496 g/mol. The number of nitrogens with two attached hydrogens (primary N) is 2. The van der Waals surface area contributed by atoms with Gasteiger partial charge in [0.05, 0.1) is 12.5 Å². The van der Waals surface area contributed by atoms with Crippen LogP contribution in [0.3, 0.4) is 0 Å². The Hall–Kier alpha value is -3.23. The molecule has 196 valence electrons. The van der Waals surface area contributed by atoms with Crippen molar-refractivity contribution in [3.63, 3.8) is 0 Å². The van der Waals surface area contributed by atoms with Crippen LogP contribution in [-0.4, -0.2) is 36.9 Å². The fourth-order valence-corrected chi connectivity index (χ4v) is 3.73. The quantitative estimate of drug-likeness (QED) is 0.208. The van der Waals surface area contributed by atoms with Crippen molar-refractivity contribution < 1.29 is 19.2 Å². The van der Waals surface area contributed by atoms with E-state index in [0.717, 1.165) is 44.1 Å². The van der Waals surface area contributed by atoms with Crippen molar-refractivity contribution in [1.29, 1.82) is 0 Å². The van der Waals surface area contributed by atoms with Crippen LogP contribution in [0.1, 0.15) is 61.6 Å². The molecule has 0 saturated carbocycles. The Bertz CT molecular complexity index is 919. The van der Waals surface area contributed by atoms with Gasteiger partial charge in [-0.3, -0.25) is 9.59 Å². The van der Waals surface area contributed by atoms with Gasteiger partial charge in [-0.25, -0.2) is 4.79 Å². The molecule has 0 spiro atoms. The first-order chi connectivity index (χ1) is 17.5. The molecular formula is C28H40N4O4. The normalized spacial score (nSPS) is 11.5. The third-order valence-electron chi connectivity index (χ3n) is 5.85. The van der Waals surface area contributed by atoms with Gasteiger partial charge in [-0.15, -0.1) is 0 Å². The Labute approximate surface area is 214 Å². The molecule has 1 atom stereocenters. The number of hydrogen-bond donors (Lipinski definition) is 4. The fourth-order valence-electron chi connectivity index (χ4n) is 3.73. The number of amides is 2. The van der Waals surface area contributed by atoms with Crippen LogP contribution in [-0.2, 0) is 38.5 Å². The number of unbranched alkanes of at least 4 members (excludes halogenated alkanes) is 2. The van der Waals surface area contributed by atoms with Gasteiger partial charge in [0.25, 0.3) is 5.91 Å². The molecule has 8 nitrogen and oxygen atoms in total. The minimum Gasteiger partial charge on any atom is -0.355 e. The van der Waals surface area contributed by atoms with E-state index in [2.05, 4.69) is 35.1 Å². The molecule has 0 fully saturated rings. The third kappa shape index (κ3) is 12.5. The van der Waals surface area contributed by atoms with Crippen molar-refractivity contribution in [3.05, 3.63) is 71.3 Å². The van der Waals surface area contributed by atoms with Crippen molar-refractivity contribution >= 4 is 17.8 Å². The van der Waals surface area contributed by atoms with E-state index in [4.69, 9.17) is 16.3 Å². The van der Waals surface area contributed by atoms with Crippen molar-refractivity contribution in [2.45, 2.75) is 70.3 Å². The van der Waals surface area contributed by atoms with Gasteiger partial charge in [0.1, 0.15) is 0 Å². The van der Waals surface area contributed by atoms with Crippen LogP contribution < -0.4 is 22.3 Å². The lowest BCUT2D eigenvalue weighted by atomic mass is 10.0. The molecular weight excluding hydrogens is 456 g/mol. The van der Waals surface area contributed by atoms with Crippen LogP contribution in [0.25, 0.3) is 0 Å². The van der Waals surface area contributed by atoms with Crippen LogP contribution >= 0.6 is 0 Å². The van der Waals surface area contributed by atoms with Gasteiger partial charge in [0, 0.05) is 13.0 Å². The lowest BCUT2D eigenvalue weighted by molar-refractivity contribution is -0.158. The maximum atomic E-state index is 12.1. The van der Waals surface area contributed by atoms with Gasteiger partial charge in [0.15, 0.2) is 0 Å². The average Bonchev–Trinajstić information content (AvgIpc) is 2.89. The summed E-state index contributed by atoms with van der Waals surface area (Å²) in [6.45, 7) is 0.889. The Balaban J connectivity index is 1.54. The minimum atomic E-state index is -0.573. The maximum Gasteiger partial charge on any atom is 0.332 e. The standard InChI is InChI=1S/C28H40N4O4/c29-19-7-6-13-25(30)28(35)31-20-8-14-27(34)36-32-26(33)21-24-17-15-23(16-18-24)12-5-4-11-22-9-2-1-3-10-22/h1-3,9-10,15-18,25H,4-8,11-14,19-21,29-30H2,(H,31,35)(H,32,33)/t25-/m0/s1. The number of carbonyl (C=O) groups excluding carboxylic acids is 3. The topological polar surface area (TPSA) is 137 Å². The molecule has 0 unspecified atom stereocenters. The molecule has 36 heavy (non-hydrogen) atoms. The minimum absolute atomic E-state index is 0.0714. The number of carbonyl (C=O) groups is 3. The van der Waals surface area contributed by atoms with E-state index in [0.29, 0.717) is 25.9 Å². The summed E-state index contributed by atoms with van der Waals surface area (Å²) in [6, 6.07) is 17.8. The van der Waals surface area contributed by atoms with Crippen LogP contribution in [0.15, 0.2) is 54.6 Å². The molecule has 0 aliphatic rings. The van der Waals surface area contributed by atoms with Crippen LogP contribution in [0, 0.1) is 0 Å². The second-order valence-corrected chi connectivity index (χ2v) is 8.97. The highest BCUT2D eigenvalue weighted by Gasteiger charge is 2.13. The molecule has 8 heteroatoms. The lowest BCUT2D eigenvalue weighted by Crippen LogP contribution is -2.41. The fraction of sp³-hybridized carbons (Fsp3) is 0.464. The van der Waals surface area contributed by atoms with Gasteiger partial charge in [0.2, 0.25) is 5.91 Å². The first-order valence-electron chi connectivity index (χ1n) is 12.8. The maximum absolute atomic E-state index is 12.1. The molecule has 0 saturated heterocycles. The molecule has 6 N–H and O–H groups in total. The molecule has 2 rings (SSSR count). The van der Waals surface area contributed by atoms with E-state index in [1.807, 2.05) is 30.3 Å². The molecule has 2 aromatic rings. The summed E-state index contributed by atoms with van der Waals surface area (Å²) >= 11 is 0. The summed E-state index contributed by atoms with van der Waals surface area (Å²) < 4.78 is 0. The zero-order chi connectivity index (χ0) is 26.0. The summed E-state index contributed by atoms with van der Waals surface area (Å²) in [7, 11) is 0. The summed E-state index contributed by atoms with van der Waals surface area (Å²) in [4.78, 5) is 40.6. The number of aryl methyl sites for hydroxylation is 2. The van der Waals surface area contributed by atoms with Gasteiger partial charge in [-0.1, -0.05) is 61.0 Å². The van der Waals surface area contributed by atoms with E-state index in [-0.39, 0.29) is 18.7 Å². The van der Waals surface area contributed by atoms with Crippen LogP contribution in [0.2, 0.25) is 0 Å². The SMILES string of the molecule is NCCCC[C@H](N)C(=O)NCCCC(=O)ONC(=O)Cc1ccc(CCCCc2ccccc2)cc1. The van der Waals surface area contributed by atoms with E-state index in [1.54, 1.807) is 0 Å². The van der Waals surface area contributed by atoms with Crippen molar-refractivity contribution in [3.8, 4) is 0 Å². The largest absolute Gasteiger partial charge is 0.355 e. The molecule has 0 aromatic heterocycles. The number of nitrogens with one attached hydrogen (secondary N) is 2. The van der Waals surface area contributed by atoms with Gasteiger partial charge >= 0.3 is 5.97 Å². The predicted molar refractivity (Wildman–Crippen MR) is 141 cm³/mol. The van der Waals surface area contributed by atoms with E-state index in [9.17, 15) is 14.4 Å². The molecule has 2 aromatic carbocycles. The summed E-state index contributed by atoms with van der Waals surface area (Å²) in [6.07, 6.45) is 7.12. The highest BCUT2D eigenvalue weighted by molar-refractivity contribution is 5.81. The molecule has 0 radical (unpaired) electrons. The number of hydrogen-bond acceptors (Lipinski definition) is 6. The Morgan fingerprint density at radius 1 is 0.806 bits per heavy atom. The summed E-state index contributed by atoms with van der Waals surface area (Å²) in [5, 5.41) is 2.70. The Kier molecular flexibility index (Phi) is 13.9. The average molecular weight is 497 g/mol. The predicted octanol–water partition coefficient (Wildman–Crippen LogP) is 2.72. The highest BCUT2D eigenvalue weighted by atomic mass is 16.7. The first-order valence-corrected chi connectivity index (χ1v) is 12.8. The van der Waals surface area contributed by atoms with Crippen molar-refractivity contribution in [2.75, 3.05) is 13.1 Å². The molecule has 0 aliphatic heterocycles. The molecule has 0 bridgehead atoms. The van der Waals surface area contributed by atoms with Crippen LogP contribution in [0.5, 0.6) is 0 Å². The second kappa shape index (κ2) is 17.2. The van der Waals surface area contributed by atoms with Gasteiger partial charge < -0.3 is 21.6 Å². The number of hydroxylamine groups is 1. The Morgan fingerprint density at radius 2 is 1.44 bits per heavy atom. The van der Waals surface area contributed by atoms with Crippen molar-refractivity contribution in [2.24, 2.45) is 11.5 Å². The second-order valence-electron chi connectivity index (χ2n) is 8.97. The lowest BCUT2D eigenvalue weighted by Gasteiger charge is -2.11. The van der Waals surface area contributed by atoms with Gasteiger partial charge in [-0.05, 0) is 68.2 Å². The summed E-state index contributed by atoms with van der Waals surface area (Å²) in [5.41, 5.74) is 16.9. The third-order valence-corrected chi connectivity index (χ3v) is 5.85. The highest BCUT2D eigenvalue weighted by Crippen LogP contribution is 2.11. The van der Waals surface area contributed by atoms with Crippen LogP contribution in [0.4, 0.5) is 0 Å². The Morgan fingerprint density at radius 3 is 2.11 bits per heavy atom. The number of rotatable bonds is 16. The van der Waals surface area contributed by atoms with E-state index < -0.39 is 17.9 Å². The molecule has 0 heterocycles. The smallest absolute Gasteiger partial charge is 0.332 e. The molecule has 0 aliphatic carbocycles. The first kappa shape index (κ1) is 29.0. The molecule has 2 amide bonds. The summed E-state index contributed by atoms with van der Waals surface area (Å²) in [5.74, 6) is -1.20.